The van der Waals surface area contributed by atoms with E-state index in [-0.39, 0.29) is 0 Å². The molecule has 0 nitrogen and oxygen atoms in total. The predicted octanol–water partition coefficient (Wildman–Crippen LogP) is 10.7. The number of hydrogen-bond acceptors (Lipinski definition) is 0. The lowest BCUT2D eigenvalue weighted by Crippen LogP contribution is -2.15. The summed E-state index contributed by atoms with van der Waals surface area (Å²) in [6.07, 6.45) is 18.1. The Morgan fingerprint density at radius 1 is 0.833 bits per heavy atom. The van der Waals surface area contributed by atoms with Crippen molar-refractivity contribution in [1.29, 1.82) is 0 Å². The molecule has 0 aliphatic carbocycles. The van der Waals surface area contributed by atoms with Gasteiger partial charge in [-0.05, 0) is 61.9 Å². The highest BCUT2D eigenvalue weighted by atomic mass is 14.2. The van der Waals surface area contributed by atoms with Gasteiger partial charge >= 0.3 is 0 Å². The van der Waals surface area contributed by atoms with Crippen LogP contribution < -0.4 is 0 Å². The van der Waals surface area contributed by atoms with Gasteiger partial charge in [0.25, 0.3) is 0 Å². The topological polar surface area (TPSA) is 0 Å². The third kappa shape index (κ3) is 15.8. The molecule has 4 atom stereocenters. The van der Waals surface area contributed by atoms with Gasteiger partial charge in [0.15, 0.2) is 0 Å². The van der Waals surface area contributed by atoms with Crippen LogP contribution in [0.5, 0.6) is 0 Å². The Kier molecular flexibility index (Phi) is 20.7. The third-order valence-corrected chi connectivity index (χ3v) is 6.21. The maximum atomic E-state index is 4.38. The molecule has 0 aromatic heterocycles. The van der Waals surface area contributed by atoms with Crippen molar-refractivity contribution in [2.24, 2.45) is 23.7 Å². The van der Waals surface area contributed by atoms with Gasteiger partial charge in [-0.15, -0.1) is 0 Å². The van der Waals surface area contributed by atoms with Gasteiger partial charge in [0.2, 0.25) is 0 Å². The molecule has 0 aliphatic heterocycles. The van der Waals surface area contributed by atoms with Crippen LogP contribution >= 0.6 is 0 Å². The van der Waals surface area contributed by atoms with Gasteiger partial charge in [0, 0.05) is 0 Å². The molecule has 0 heteroatoms. The van der Waals surface area contributed by atoms with Gasteiger partial charge in [0.05, 0.1) is 0 Å². The molecule has 0 aliphatic rings. The Labute approximate surface area is 192 Å². The molecule has 0 saturated heterocycles. The van der Waals surface area contributed by atoms with Crippen molar-refractivity contribution in [1.82, 2.24) is 0 Å². The van der Waals surface area contributed by atoms with Crippen LogP contribution in [0, 0.1) is 23.7 Å². The summed E-state index contributed by atoms with van der Waals surface area (Å²) in [7, 11) is 0. The van der Waals surface area contributed by atoms with E-state index in [1.807, 2.05) is 13.8 Å². The van der Waals surface area contributed by atoms with Gasteiger partial charge in [-0.1, -0.05) is 130 Å². The smallest absolute Gasteiger partial charge is 0.0180 e. The fraction of sp³-hybridized carbons (Fsp3) is 0.733. The second-order valence-electron chi connectivity index (χ2n) is 9.30. The van der Waals surface area contributed by atoms with Crippen molar-refractivity contribution < 1.29 is 0 Å². The van der Waals surface area contributed by atoms with Crippen LogP contribution in [0.4, 0.5) is 0 Å². The molecular weight excluding hydrogens is 360 g/mol. The number of allylic oxidation sites excluding steroid dienone is 6. The molecule has 0 amide bonds. The van der Waals surface area contributed by atoms with Crippen LogP contribution in [-0.4, -0.2) is 0 Å². The first-order valence-corrected chi connectivity index (χ1v) is 13.0. The van der Waals surface area contributed by atoms with Crippen molar-refractivity contribution >= 4 is 0 Å². The summed E-state index contributed by atoms with van der Waals surface area (Å²) in [5.41, 5.74) is 4.03. The van der Waals surface area contributed by atoms with Crippen LogP contribution in [0.2, 0.25) is 0 Å². The van der Waals surface area contributed by atoms with Gasteiger partial charge in [-0.25, -0.2) is 0 Å². The first-order chi connectivity index (χ1) is 14.2. The van der Waals surface area contributed by atoms with Crippen molar-refractivity contribution in [3.8, 4) is 0 Å². The molecule has 0 radical (unpaired) electrons. The minimum Gasteiger partial charge on any atom is -0.0996 e. The SMILES string of the molecule is C=C(/C=C\C(C)CCC(C)CCC(C(=C)CC)C(C)CCC)/C=C(\C)CCC.CC. The zero-order valence-electron chi connectivity index (χ0n) is 22.3. The molecule has 0 N–H and O–H groups in total. The van der Waals surface area contributed by atoms with Crippen LogP contribution in [0.15, 0.2) is 48.1 Å². The fourth-order valence-corrected chi connectivity index (χ4v) is 4.18. The number of rotatable bonds is 16. The molecular formula is C30H56. The van der Waals surface area contributed by atoms with Crippen LogP contribution in [-0.2, 0) is 0 Å². The first kappa shape index (κ1) is 31.1. The predicted molar refractivity (Wildman–Crippen MR) is 142 cm³/mol. The molecule has 0 aromatic carbocycles. The summed E-state index contributed by atoms with van der Waals surface area (Å²) in [6, 6.07) is 0. The lowest BCUT2D eigenvalue weighted by Gasteiger charge is -2.27. The average molecular weight is 417 g/mol. The molecule has 0 bridgehead atoms. The van der Waals surface area contributed by atoms with Crippen molar-refractivity contribution in [2.45, 2.75) is 120 Å². The van der Waals surface area contributed by atoms with E-state index in [4.69, 9.17) is 0 Å². The lowest BCUT2D eigenvalue weighted by atomic mass is 9.79. The fourth-order valence-electron chi connectivity index (χ4n) is 4.18. The Morgan fingerprint density at radius 2 is 1.43 bits per heavy atom. The van der Waals surface area contributed by atoms with Crippen molar-refractivity contribution in [3.63, 3.8) is 0 Å². The molecule has 4 unspecified atom stereocenters. The largest absolute Gasteiger partial charge is 0.0996 e. The van der Waals surface area contributed by atoms with E-state index in [1.165, 1.54) is 62.5 Å². The highest BCUT2D eigenvalue weighted by Gasteiger charge is 2.19. The number of hydrogen-bond donors (Lipinski definition) is 0. The first-order valence-electron chi connectivity index (χ1n) is 13.0. The van der Waals surface area contributed by atoms with E-state index < -0.39 is 0 Å². The summed E-state index contributed by atoms with van der Waals surface area (Å²) in [6.45, 7) is 28.7. The summed E-state index contributed by atoms with van der Waals surface area (Å²) >= 11 is 0. The van der Waals surface area contributed by atoms with Gasteiger partial charge in [-0.2, -0.15) is 0 Å². The van der Waals surface area contributed by atoms with Crippen LogP contribution in [0.3, 0.4) is 0 Å². The van der Waals surface area contributed by atoms with Crippen molar-refractivity contribution in [3.05, 3.63) is 48.1 Å². The molecule has 0 heterocycles. The van der Waals surface area contributed by atoms with Gasteiger partial charge in [-0.3, -0.25) is 0 Å². The minimum atomic E-state index is 0.625. The normalized spacial score (nSPS) is 15.8. The van der Waals surface area contributed by atoms with E-state index in [0.29, 0.717) is 11.8 Å². The van der Waals surface area contributed by atoms with E-state index in [0.717, 1.165) is 23.8 Å². The van der Waals surface area contributed by atoms with E-state index in [1.54, 1.807) is 0 Å². The highest BCUT2D eigenvalue weighted by Crippen LogP contribution is 2.32. The molecule has 0 aromatic rings. The molecule has 0 spiro atoms. The zero-order chi connectivity index (χ0) is 23.5. The summed E-state index contributed by atoms with van der Waals surface area (Å²) in [4.78, 5) is 0. The van der Waals surface area contributed by atoms with Gasteiger partial charge < -0.3 is 0 Å². The molecule has 176 valence electrons. The quantitative estimate of drug-likeness (QED) is 0.173. The Bertz CT molecular complexity index is 490. The maximum Gasteiger partial charge on any atom is -0.0180 e. The van der Waals surface area contributed by atoms with E-state index in [2.05, 4.69) is 79.9 Å². The molecule has 0 saturated carbocycles. The lowest BCUT2D eigenvalue weighted by molar-refractivity contribution is 0.317. The minimum absolute atomic E-state index is 0.625. The molecule has 0 fully saturated rings. The summed E-state index contributed by atoms with van der Waals surface area (Å²) < 4.78 is 0. The van der Waals surface area contributed by atoms with E-state index in [9.17, 15) is 0 Å². The van der Waals surface area contributed by atoms with Gasteiger partial charge in [0.1, 0.15) is 0 Å². The highest BCUT2D eigenvalue weighted by molar-refractivity contribution is 5.30. The Balaban J connectivity index is 0. The van der Waals surface area contributed by atoms with Crippen molar-refractivity contribution in [2.75, 3.05) is 0 Å². The van der Waals surface area contributed by atoms with E-state index >= 15 is 0 Å². The second-order valence-corrected chi connectivity index (χ2v) is 9.30. The Hall–Kier alpha value is -1.04. The average Bonchev–Trinajstić information content (AvgIpc) is 2.72. The monoisotopic (exact) mass is 416 g/mol. The Morgan fingerprint density at radius 3 is 1.97 bits per heavy atom. The second kappa shape index (κ2) is 19.9. The summed E-state index contributed by atoms with van der Waals surface area (Å²) in [5, 5.41) is 0. The third-order valence-electron chi connectivity index (χ3n) is 6.21. The maximum absolute atomic E-state index is 4.38. The van der Waals surface area contributed by atoms with Crippen LogP contribution in [0.1, 0.15) is 120 Å². The standard InChI is InChI=1S/C28H50.C2H6/c1-10-13-24(6)21-25(7)18-17-22(4)15-16-23(5)19-20-28(26(8)12-3)27(9)14-11-2;1-2/h17-18,21-23,27-28H,7-8,10-16,19-20H2,1-6,9H3;1-2H3/b18-17-,24-21+;. The zero-order valence-corrected chi connectivity index (χ0v) is 22.3. The molecule has 30 heavy (non-hydrogen) atoms. The molecule has 0 rings (SSSR count). The summed E-state index contributed by atoms with van der Waals surface area (Å²) in [5.74, 6) is 2.92. The van der Waals surface area contributed by atoms with Crippen LogP contribution in [0.25, 0.3) is 0 Å².